The second-order valence-corrected chi connectivity index (χ2v) is 8.53. The quantitative estimate of drug-likeness (QED) is 0.721. The van der Waals surface area contributed by atoms with Crippen LogP contribution in [0.25, 0.3) is 0 Å². The van der Waals surface area contributed by atoms with Crippen LogP contribution >= 0.6 is 0 Å². The summed E-state index contributed by atoms with van der Waals surface area (Å²) in [5, 5.41) is 0. The molecule has 6 rings (SSSR count). The van der Waals surface area contributed by atoms with Gasteiger partial charge >= 0.3 is 0 Å². The molecule has 6 heteroatoms. The van der Waals surface area contributed by atoms with Gasteiger partial charge in [0.2, 0.25) is 5.91 Å². The Morgan fingerprint density at radius 3 is 1.90 bits per heavy atom. The second-order valence-electron chi connectivity index (χ2n) is 8.53. The Hall–Kier alpha value is -2.24. The third-order valence-corrected chi connectivity index (χ3v) is 6.74. The van der Waals surface area contributed by atoms with Crippen LogP contribution in [0, 0.1) is 11.8 Å². The predicted octanol–water partition coefficient (Wildman–Crippen LogP) is 0.534. The number of primary amides is 1. The first-order valence-electron chi connectivity index (χ1n) is 10.7. The molecule has 0 spiro atoms. The van der Waals surface area contributed by atoms with Crippen LogP contribution in [0.4, 0.5) is 0 Å². The van der Waals surface area contributed by atoms with Crippen LogP contribution in [0.1, 0.15) is 54.4 Å². The van der Waals surface area contributed by atoms with Crippen molar-refractivity contribution in [2.45, 2.75) is 44.9 Å². The van der Waals surface area contributed by atoms with E-state index in [0.29, 0.717) is 5.92 Å². The van der Waals surface area contributed by atoms with Gasteiger partial charge in [-0.3, -0.25) is 4.79 Å². The van der Waals surface area contributed by atoms with Crippen molar-refractivity contribution in [1.29, 1.82) is 0 Å². The maximum atomic E-state index is 11.0. The molecular weight excluding hydrogens is 412 g/mol. The van der Waals surface area contributed by atoms with E-state index in [1.165, 1.54) is 28.7 Å². The van der Waals surface area contributed by atoms with Crippen LogP contribution < -0.4 is 33.3 Å². The molecule has 5 nitrogen and oxygen atoms in total. The fourth-order valence-corrected chi connectivity index (χ4v) is 4.93. The summed E-state index contributed by atoms with van der Waals surface area (Å²) in [5.41, 5.74) is 16.5. The van der Waals surface area contributed by atoms with Crippen LogP contribution in [-0.4, -0.2) is 25.7 Å². The lowest BCUT2D eigenvalue weighted by atomic mass is 10.00. The van der Waals surface area contributed by atoms with Crippen molar-refractivity contribution in [3.05, 3.63) is 58.7 Å². The van der Waals surface area contributed by atoms with E-state index < -0.39 is 0 Å². The number of ether oxygens (including phenoxy) is 2. The van der Waals surface area contributed by atoms with E-state index in [4.69, 9.17) is 20.9 Å². The molecule has 1 amide bonds. The Morgan fingerprint density at radius 2 is 1.45 bits per heavy atom. The molecule has 2 aromatic carbocycles. The summed E-state index contributed by atoms with van der Waals surface area (Å²) in [7, 11) is 0. The number of benzene rings is 2. The summed E-state index contributed by atoms with van der Waals surface area (Å²) < 4.78 is 11.1. The SMILES string of the molecule is C.NC(=O)[C@@H]1CC1c1cccc2c1CCO2.NC[C@@H]1CC1c1cccc2c1CCO2.[Cl-]. The molecule has 0 bridgehead atoms. The molecule has 0 radical (unpaired) electrons. The molecule has 2 aliphatic carbocycles. The van der Waals surface area contributed by atoms with E-state index in [1.54, 1.807) is 0 Å². The van der Waals surface area contributed by atoms with Crippen molar-refractivity contribution in [2.24, 2.45) is 23.3 Å². The molecule has 168 valence electrons. The fourth-order valence-electron chi connectivity index (χ4n) is 4.93. The minimum Gasteiger partial charge on any atom is -1.00 e. The highest BCUT2D eigenvalue weighted by Crippen LogP contribution is 2.51. The summed E-state index contributed by atoms with van der Waals surface area (Å²) in [4.78, 5) is 11.0. The number of fused-ring (bicyclic) bond motifs is 2. The number of hydrogen-bond acceptors (Lipinski definition) is 4. The third kappa shape index (κ3) is 4.53. The molecule has 2 aliphatic heterocycles. The molecule has 0 aromatic heterocycles. The van der Waals surface area contributed by atoms with E-state index >= 15 is 0 Å². The maximum absolute atomic E-state index is 11.0. The summed E-state index contributed by atoms with van der Waals surface area (Å²) in [6.45, 7) is 2.45. The Morgan fingerprint density at radius 1 is 0.903 bits per heavy atom. The lowest BCUT2D eigenvalue weighted by molar-refractivity contribution is -0.119. The van der Waals surface area contributed by atoms with Gasteiger partial charge in [-0.05, 0) is 60.4 Å². The molecule has 4 atom stereocenters. The van der Waals surface area contributed by atoms with Gasteiger partial charge < -0.3 is 33.3 Å². The van der Waals surface area contributed by atoms with Gasteiger partial charge in [-0.15, -0.1) is 0 Å². The largest absolute Gasteiger partial charge is 1.00 e. The fraction of sp³-hybridized carbons (Fsp3) is 0.480. The monoisotopic (exact) mass is 443 g/mol. The zero-order valence-electron chi connectivity index (χ0n) is 17.0. The Kier molecular flexibility index (Phi) is 7.17. The van der Waals surface area contributed by atoms with Gasteiger partial charge in [0.1, 0.15) is 11.5 Å². The molecule has 0 saturated heterocycles. The van der Waals surface area contributed by atoms with E-state index in [-0.39, 0.29) is 31.7 Å². The highest BCUT2D eigenvalue weighted by molar-refractivity contribution is 5.81. The van der Waals surface area contributed by atoms with E-state index in [0.717, 1.165) is 62.4 Å². The van der Waals surface area contributed by atoms with Crippen LogP contribution in [0.15, 0.2) is 36.4 Å². The molecule has 2 saturated carbocycles. The standard InChI is InChI=1S/C12H13NO2.C12H15NO.CH4.ClH/c13-12(14)10-6-9(10)7-2-1-3-11-8(7)4-5-15-11;13-7-8-6-11(8)9-2-1-3-12-10(9)4-5-14-12;;/h1-3,9-10H,4-6H2,(H2,13,14);1-3,8,11H,4-7,13H2;1H4;1H/p-1/t9?,10-;8-,11?;;/m10../s1. The first-order chi connectivity index (χ1) is 14.2. The molecule has 4 N–H and O–H groups in total. The summed E-state index contributed by atoms with van der Waals surface area (Å²) in [6, 6.07) is 12.5. The smallest absolute Gasteiger partial charge is 0.221 e. The second kappa shape index (κ2) is 9.49. The predicted molar refractivity (Wildman–Crippen MR) is 118 cm³/mol. The number of rotatable bonds is 4. The van der Waals surface area contributed by atoms with Crippen LogP contribution in [-0.2, 0) is 17.6 Å². The van der Waals surface area contributed by atoms with Crippen molar-refractivity contribution in [2.75, 3.05) is 19.8 Å². The molecule has 4 aliphatic rings. The van der Waals surface area contributed by atoms with Crippen molar-refractivity contribution in [3.63, 3.8) is 0 Å². The number of carbonyl (C=O) groups is 1. The minimum atomic E-state index is -0.170. The molecule has 2 aromatic rings. The van der Waals surface area contributed by atoms with Crippen molar-refractivity contribution < 1.29 is 26.7 Å². The van der Waals surface area contributed by atoms with Crippen molar-refractivity contribution in [3.8, 4) is 11.5 Å². The zero-order chi connectivity index (χ0) is 20.0. The number of hydrogen-bond donors (Lipinski definition) is 2. The lowest BCUT2D eigenvalue weighted by Crippen LogP contribution is -3.00. The van der Waals surface area contributed by atoms with Crippen molar-refractivity contribution >= 4 is 5.91 Å². The maximum Gasteiger partial charge on any atom is 0.221 e. The number of nitrogens with two attached hydrogens (primary N) is 2. The number of halogens is 1. The average molecular weight is 444 g/mol. The van der Waals surface area contributed by atoms with Crippen LogP contribution in [0.3, 0.4) is 0 Å². The van der Waals surface area contributed by atoms with Gasteiger partial charge in [0.05, 0.1) is 13.2 Å². The first-order valence-corrected chi connectivity index (χ1v) is 10.7. The Balaban J connectivity index is 0.000000165. The Bertz CT molecular complexity index is 948. The highest BCUT2D eigenvalue weighted by atomic mass is 35.5. The summed E-state index contributed by atoms with van der Waals surface area (Å²) in [6.07, 6.45) is 4.23. The summed E-state index contributed by atoms with van der Waals surface area (Å²) in [5.74, 6) is 3.76. The zero-order valence-corrected chi connectivity index (χ0v) is 17.7. The van der Waals surface area contributed by atoms with Gasteiger partial charge in [0.15, 0.2) is 0 Å². The van der Waals surface area contributed by atoms with Gasteiger partial charge in [-0.25, -0.2) is 0 Å². The van der Waals surface area contributed by atoms with Crippen molar-refractivity contribution in [1.82, 2.24) is 0 Å². The number of carbonyl (C=O) groups excluding carboxylic acids is 1. The average Bonchev–Trinajstić information content (AvgIpc) is 3.59. The topological polar surface area (TPSA) is 87.6 Å². The lowest BCUT2D eigenvalue weighted by Gasteiger charge is -2.05. The molecule has 2 unspecified atom stereocenters. The van der Waals surface area contributed by atoms with Gasteiger partial charge in [0.25, 0.3) is 0 Å². The van der Waals surface area contributed by atoms with Gasteiger partial charge in [0, 0.05) is 29.9 Å². The number of amides is 1. The van der Waals surface area contributed by atoms with Crippen LogP contribution in [0.5, 0.6) is 11.5 Å². The first kappa shape index (κ1) is 23.4. The third-order valence-electron chi connectivity index (χ3n) is 6.74. The van der Waals surface area contributed by atoms with E-state index in [2.05, 4.69) is 24.3 Å². The highest BCUT2D eigenvalue weighted by Gasteiger charge is 2.44. The van der Waals surface area contributed by atoms with Crippen LogP contribution in [0.2, 0.25) is 0 Å². The van der Waals surface area contributed by atoms with E-state index in [9.17, 15) is 4.79 Å². The van der Waals surface area contributed by atoms with Gasteiger partial charge in [-0.2, -0.15) is 0 Å². The van der Waals surface area contributed by atoms with Gasteiger partial charge in [-0.1, -0.05) is 31.7 Å². The normalized spacial score (nSPS) is 25.8. The molecule has 2 fully saturated rings. The molecule has 31 heavy (non-hydrogen) atoms. The van der Waals surface area contributed by atoms with E-state index in [1.807, 2.05) is 12.1 Å². The molecule has 2 heterocycles. The summed E-state index contributed by atoms with van der Waals surface area (Å²) >= 11 is 0. The minimum absolute atomic E-state index is 0. The Labute approximate surface area is 190 Å². The molecular formula is C25H32ClN2O3-.